The van der Waals surface area contributed by atoms with Crippen molar-refractivity contribution in [1.29, 1.82) is 0 Å². The number of imide groups is 1. The molecular formula is C23H27N3O3S. The van der Waals surface area contributed by atoms with E-state index in [-0.39, 0.29) is 36.6 Å². The lowest BCUT2D eigenvalue weighted by Crippen LogP contribution is -2.47. The third-order valence-corrected chi connectivity index (χ3v) is 8.23. The minimum Gasteiger partial charge on any atom is -0.340 e. The van der Waals surface area contributed by atoms with Gasteiger partial charge in [-0.3, -0.25) is 19.3 Å². The van der Waals surface area contributed by atoms with E-state index in [1.54, 1.807) is 11.3 Å². The van der Waals surface area contributed by atoms with Gasteiger partial charge in [0.25, 0.3) is 0 Å². The molecule has 3 amide bonds. The maximum Gasteiger partial charge on any atom is 0.242 e. The van der Waals surface area contributed by atoms with Crippen LogP contribution in [0.25, 0.3) is 10.2 Å². The number of thiazole rings is 1. The highest BCUT2D eigenvalue weighted by molar-refractivity contribution is 7.18. The summed E-state index contributed by atoms with van der Waals surface area (Å²) in [5, 5.41) is 1.07. The first-order valence-electron chi connectivity index (χ1n) is 11.0. The summed E-state index contributed by atoms with van der Waals surface area (Å²) in [6.07, 6.45) is 6.90. The monoisotopic (exact) mass is 425 g/mol. The third-order valence-electron chi connectivity index (χ3n) is 7.03. The molecule has 2 saturated heterocycles. The molecule has 30 heavy (non-hydrogen) atoms. The number of hydrogen-bond donors (Lipinski definition) is 0. The number of carbonyl (C=O) groups is 3. The summed E-state index contributed by atoms with van der Waals surface area (Å²) in [4.78, 5) is 46.5. The number of amides is 3. The molecule has 1 saturated carbocycles. The Labute approximate surface area is 180 Å². The molecule has 6 nitrogen and oxygen atoms in total. The molecule has 0 radical (unpaired) electrons. The van der Waals surface area contributed by atoms with Gasteiger partial charge in [0.2, 0.25) is 17.7 Å². The fourth-order valence-electron chi connectivity index (χ4n) is 5.34. The van der Waals surface area contributed by atoms with Crippen LogP contribution in [0.4, 0.5) is 0 Å². The highest BCUT2D eigenvalue weighted by Crippen LogP contribution is 2.45. The Bertz CT molecular complexity index is 961. The number of piperidine rings is 1. The van der Waals surface area contributed by atoms with Crippen LogP contribution in [-0.2, 0) is 14.4 Å². The Balaban J connectivity index is 1.27. The molecule has 1 aromatic carbocycles. The number of benzene rings is 1. The highest BCUT2D eigenvalue weighted by atomic mass is 32.1. The number of para-hydroxylation sites is 1. The van der Waals surface area contributed by atoms with E-state index in [1.807, 2.05) is 23.1 Å². The molecule has 7 heteroatoms. The molecule has 5 rings (SSSR count). The van der Waals surface area contributed by atoms with Gasteiger partial charge in [-0.05, 0) is 37.8 Å². The summed E-state index contributed by atoms with van der Waals surface area (Å²) < 4.78 is 1.17. The molecule has 3 fully saturated rings. The Kier molecular flexibility index (Phi) is 5.09. The number of likely N-dealkylation sites (tertiary alicyclic amines) is 2. The quantitative estimate of drug-likeness (QED) is 0.703. The maximum atomic E-state index is 13.0. The largest absolute Gasteiger partial charge is 0.340 e. The predicted octanol–water partition coefficient (Wildman–Crippen LogP) is 3.71. The second-order valence-electron chi connectivity index (χ2n) is 9.00. The van der Waals surface area contributed by atoms with Crippen LogP contribution in [0.1, 0.15) is 62.3 Å². The van der Waals surface area contributed by atoms with E-state index in [0.717, 1.165) is 55.5 Å². The van der Waals surface area contributed by atoms with Crippen molar-refractivity contribution in [2.24, 2.45) is 5.41 Å². The van der Waals surface area contributed by atoms with Gasteiger partial charge in [-0.15, -0.1) is 11.3 Å². The van der Waals surface area contributed by atoms with Crippen molar-refractivity contribution in [3.63, 3.8) is 0 Å². The van der Waals surface area contributed by atoms with Crippen LogP contribution < -0.4 is 0 Å². The van der Waals surface area contributed by atoms with Gasteiger partial charge in [0.05, 0.1) is 20.6 Å². The van der Waals surface area contributed by atoms with Crippen LogP contribution in [0.2, 0.25) is 0 Å². The predicted molar refractivity (Wildman–Crippen MR) is 115 cm³/mol. The average Bonchev–Trinajstić information content (AvgIpc) is 3.30. The number of carbonyl (C=O) groups excluding carboxylic acids is 3. The van der Waals surface area contributed by atoms with E-state index in [1.165, 1.54) is 9.60 Å². The zero-order valence-corrected chi connectivity index (χ0v) is 18.0. The standard InChI is InChI=1S/C23H27N3O3S/c27-19-13-23(10-4-1-5-11-23)22(29)26(19)15-20(28)25-12-6-7-16(14-25)21-24-17-8-2-3-9-18(17)30-21/h2-3,8-9,16H,1,4-7,10-15H2/t16-/m1/s1. The van der Waals surface area contributed by atoms with Gasteiger partial charge in [-0.1, -0.05) is 31.4 Å². The maximum absolute atomic E-state index is 13.0. The van der Waals surface area contributed by atoms with E-state index < -0.39 is 5.41 Å². The van der Waals surface area contributed by atoms with Crippen LogP contribution in [0.15, 0.2) is 24.3 Å². The van der Waals surface area contributed by atoms with E-state index in [2.05, 4.69) is 6.07 Å². The molecule has 158 valence electrons. The van der Waals surface area contributed by atoms with Gasteiger partial charge in [0.1, 0.15) is 6.54 Å². The number of rotatable bonds is 3. The Morgan fingerprint density at radius 2 is 1.93 bits per heavy atom. The average molecular weight is 426 g/mol. The van der Waals surface area contributed by atoms with Crippen molar-refractivity contribution in [3.05, 3.63) is 29.3 Å². The van der Waals surface area contributed by atoms with Crippen molar-refractivity contribution in [2.75, 3.05) is 19.6 Å². The van der Waals surface area contributed by atoms with Crippen molar-refractivity contribution in [1.82, 2.24) is 14.8 Å². The molecule has 0 unspecified atom stereocenters. The number of hydrogen-bond acceptors (Lipinski definition) is 5. The number of aromatic nitrogens is 1. The van der Waals surface area contributed by atoms with Crippen LogP contribution in [0, 0.1) is 5.41 Å². The summed E-state index contributed by atoms with van der Waals surface area (Å²) in [6.45, 7) is 1.19. The summed E-state index contributed by atoms with van der Waals surface area (Å²) in [5.74, 6) is -0.180. The van der Waals surface area contributed by atoms with Gasteiger partial charge in [0.15, 0.2) is 0 Å². The summed E-state index contributed by atoms with van der Waals surface area (Å²) in [5.41, 5.74) is 0.480. The zero-order chi connectivity index (χ0) is 20.7. The van der Waals surface area contributed by atoms with Gasteiger partial charge in [0, 0.05) is 25.4 Å². The zero-order valence-electron chi connectivity index (χ0n) is 17.1. The van der Waals surface area contributed by atoms with Crippen molar-refractivity contribution in [2.45, 2.75) is 57.3 Å². The Morgan fingerprint density at radius 1 is 1.13 bits per heavy atom. The molecule has 2 aliphatic heterocycles. The van der Waals surface area contributed by atoms with Gasteiger partial charge in [-0.25, -0.2) is 4.98 Å². The molecule has 0 N–H and O–H groups in total. The lowest BCUT2D eigenvalue weighted by atomic mass is 9.73. The second kappa shape index (κ2) is 7.76. The summed E-state index contributed by atoms with van der Waals surface area (Å²) in [6, 6.07) is 8.11. The molecule has 1 aromatic heterocycles. The highest BCUT2D eigenvalue weighted by Gasteiger charge is 2.52. The summed E-state index contributed by atoms with van der Waals surface area (Å²) >= 11 is 1.70. The SMILES string of the molecule is O=C(CN1C(=O)CC2(CCCCC2)C1=O)N1CCC[C@@H](c2nc3ccccc3s2)C1. The fraction of sp³-hybridized carbons (Fsp3) is 0.565. The first-order valence-corrected chi connectivity index (χ1v) is 11.9. The normalized spacial score (nSPS) is 24.2. The molecule has 1 spiro atoms. The van der Waals surface area contributed by atoms with Crippen molar-refractivity contribution >= 4 is 39.3 Å². The molecule has 1 aliphatic carbocycles. The van der Waals surface area contributed by atoms with E-state index in [4.69, 9.17) is 4.98 Å². The van der Waals surface area contributed by atoms with E-state index in [9.17, 15) is 14.4 Å². The molecule has 3 aliphatic rings. The van der Waals surface area contributed by atoms with E-state index in [0.29, 0.717) is 13.1 Å². The Hall–Kier alpha value is -2.28. The fourth-order valence-corrected chi connectivity index (χ4v) is 6.44. The Morgan fingerprint density at radius 3 is 2.73 bits per heavy atom. The second-order valence-corrected chi connectivity index (χ2v) is 10.1. The number of fused-ring (bicyclic) bond motifs is 1. The molecule has 1 atom stereocenters. The van der Waals surface area contributed by atoms with Crippen LogP contribution in [0.3, 0.4) is 0 Å². The molecule has 0 bridgehead atoms. The first kappa shape index (κ1) is 19.7. The molecule has 3 heterocycles. The lowest BCUT2D eigenvalue weighted by molar-refractivity contribution is -0.148. The first-order chi connectivity index (χ1) is 14.6. The third kappa shape index (κ3) is 3.43. The topological polar surface area (TPSA) is 70.6 Å². The van der Waals surface area contributed by atoms with Gasteiger partial charge in [-0.2, -0.15) is 0 Å². The van der Waals surface area contributed by atoms with Crippen molar-refractivity contribution < 1.29 is 14.4 Å². The van der Waals surface area contributed by atoms with Gasteiger partial charge < -0.3 is 4.90 Å². The molecular weight excluding hydrogens is 398 g/mol. The molecule has 2 aromatic rings. The smallest absolute Gasteiger partial charge is 0.242 e. The lowest BCUT2D eigenvalue weighted by Gasteiger charge is -2.33. The van der Waals surface area contributed by atoms with Crippen molar-refractivity contribution in [3.8, 4) is 0 Å². The van der Waals surface area contributed by atoms with Crippen LogP contribution >= 0.6 is 11.3 Å². The van der Waals surface area contributed by atoms with E-state index >= 15 is 0 Å². The van der Waals surface area contributed by atoms with Crippen LogP contribution in [0.5, 0.6) is 0 Å². The minimum absolute atomic E-state index is 0.105. The summed E-state index contributed by atoms with van der Waals surface area (Å²) in [7, 11) is 0. The minimum atomic E-state index is -0.527. The van der Waals surface area contributed by atoms with Gasteiger partial charge >= 0.3 is 0 Å². The number of nitrogens with zero attached hydrogens (tertiary/aromatic N) is 3. The van der Waals surface area contributed by atoms with Crippen LogP contribution in [-0.4, -0.2) is 52.1 Å².